The lowest BCUT2D eigenvalue weighted by Gasteiger charge is -2.16. The lowest BCUT2D eigenvalue weighted by molar-refractivity contribution is -0.132. The minimum atomic E-state index is -0.376. The molecule has 6 nitrogen and oxygen atoms in total. The first-order valence-corrected chi connectivity index (χ1v) is 8.64. The molecule has 3 N–H and O–H groups in total. The van der Waals surface area contributed by atoms with Gasteiger partial charge in [-0.25, -0.2) is 0 Å². The summed E-state index contributed by atoms with van der Waals surface area (Å²) in [5, 5.41) is 2.92. The second-order valence-electron chi connectivity index (χ2n) is 6.51. The summed E-state index contributed by atoms with van der Waals surface area (Å²) in [5.41, 5.74) is 7.71. The Bertz CT molecular complexity index is 594. The van der Waals surface area contributed by atoms with Gasteiger partial charge in [-0.05, 0) is 30.4 Å². The van der Waals surface area contributed by atoms with Crippen molar-refractivity contribution in [2.24, 2.45) is 5.73 Å². The van der Waals surface area contributed by atoms with E-state index in [0.717, 1.165) is 36.9 Å². The highest BCUT2D eigenvalue weighted by Crippen LogP contribution is 2.19. The number of nitrogens with two attached hydrogens (primary N) is 1. The molecule has 0 aliphatic carbocycles. The maximum Gasteiger partial charge on any atom is 0.249 e. The van der Waals surface area contributed by atoms with E-state index in [4.69, 9.17) is 10.5 Å². The molecule has 0 bridgehead atoms. The van der Waals surface area contributed by atoms with Gasteiger partial charge in [-0.2, -0.15) is 0 Å². The molecule has 2 heterocycles. The maximum atomic E-state index is 12.1. The number of hydrogen-bond donors (Lipinski definition) is 2. The quantitative estimate of drug-likeness (QED) is 0.795. The van der Waals surface area contributed by atoms with Crippen LogP contribution in [-0.4, -0.2) is 42.0 Å². The van der Waals surface area contributed by atoms with Crippen LogP contribution in [0.2, 0.25) is 0 Å². The number of halogens is 1. The molecule has 2 fully saturated rings. The van der Waals surface area contributed by atoms with Crippen LogP contribution in [0.15, 0.2) is 24.3 Å². The number of benzene rings is 1. The minimum absolute atomic E-state index is 0. The zero-order valence-electron chi connectivity index (χ0n) is 14.3. The fraction of sp³-hybridized carbons (Fsp3) is 0.556. The number of hydrogen-bond acceptors (Lipinski definition) is 4. The summed E-state index contributed by atoms with van der Waals surface area (Å²) in [7, 11) is 0. The van der Waals surface area contributed by atoms with E-state index in [2.05, 4.69) is 5.32 Å². The van der Waals surface area contributed by atoms with Gasteiger partial charge in [-0.3, -0.25) is 9.59 Å². The van der Waals surface area contributed by atoms with Crippen molar-refractivity contribution >= 4 is 24.2 Å². The first-order valence-electron chi connectivity index (χ1n) is 8.64. The summed E-state index contributed by atoms with van der Waals surface area (Å²) in [6.45, 7) is 2.46. The van der Waals surface area contributed by atoms with Crippen LogP contribution < -0.4 is 11.1 Å². The molecule has 0 spiro atoms. The molecule has 0 aromatic heterocycles. The molecule has 2 aliphatic rings. The Morgan fingerprint density at radius 1 is 1.24 bits per heavy atom. The van der Waals surface area contributed by atoms with Gasteiger partial charge < -0.3 is 20.7 Å². The van der Waals surface area contributed by atoms with E-state index in [1.165, 1.54) is 0 Å². The molecule has 0 radical (unpaired) electrons. The minimum Gasteiger partial charge on any atom is -0.364 e. The number of carbonyl (C=O) groups excluding carboxylic acids is 2. The Morgan fingerprint density at radius 2 is 1.96 bits per heavy atom. The molecule has 2 aliphatic heterocycles. The molecule has 3 rings (SSSR count). The predicted molar refractivity (Wildman–Crippen MR) is 97.1 cm³/mol. The Hall–Kier alpha value is -1.63. The lowest BCUT2D eigenvalue weighted by atomic mass is 10.1. The van der Waals surface area contributed by atoms with Gasteiger partial charge >= 0.3 is 0 Å². The summed E-state index contributed by atoms with van der Waals surface area (Å²) >= 11 is 0. The monoisotopic (exact) mass is 367 g/mol. The summed E-state index contributed by atoms with van der Waals surface area (Å²) in [4.78, 5) is 25.6. The predicted octanol–water partition coefficient (Wildman–Crippen LogP) is 1.35. The van der Waals surface area contributed by atoms with Gasteiger partial charge in [0.15, 0.2) is 0 Å². The second kappa shape index (κ2) is 9.17. The van der Waals surface area contributed by atoms with Crippen LogP contribution in [0.25, 0.3) is 0 Å². The van der Waals surface area contributed by atoms with Crippen LogP contribution in [0.4, 0.5) is 0 Å². The average molecular weight is 368 g/mol. The highest BCUT2D eigenvalue weighted by molar-refractivity contribution is 5.85. The number of nitrogens with one attached hydrogen (secondary N) is 1. The van der Waals surface area contributed by atoms with Gasteiger partial charge in [0.1, 0.15) is 6.10 Å². The van der Waals surface area contributed by atoms with Crippen molar-refractivity contribution in [2.75, 3.05) is 13.1 Å². The van der Waals surface area contributed by atoms with E-state index in [0.29, 0.717) is 26.1 Å². The maximum absolute atomic E-state index is 12.1. The Balaban J connectivity index is 0.00000225. The van der Waals surface area contributed by atoms with Crippen LogP contribution in [0.3, 0.4) is 0 Å². The van der Waals surface area contributed by atoms with Gasteiger partial charge in [0, 0.05) is 32.6 Å². The first kappa shape index (κ1) is 19.7. The van der Waals surface area contributed by atoms with Crippen LogP contribution in [0, 0.1) is 0 Å². The molecule has 138 valence electrons. The highest BCUT2D eigenvalue weighted by Gasteiger charge is 2.29. The van der Waals surface area contributed by atoms with Gasteiger partial charge in [0.05, 0.1) is 6.10 Å². The molecule has 1 aromatic carbocycles. The van der Waals surface area contributed by atoms with Crippen molar-refractivity contribution < 1.29 is 14.3 Å². The number of rotatable bonds is 6. The molecule has 25 heavy (non-hydrogen) atoms. The van der Waals surface area contributed by atoms with E-state index >= 15 is 0 Å². The summed E-state index contributed by atoms with van der Waals surface area (Å²) in [6, 6.07) is 8.02. The molecule has 7 heteroatoms. The smallest absolute Gasteiger partial charge is 0.249 e. The van der Waals surface area contributed by atoms with Crippen LogP contribution in [0.5, 0.6) is 0 Å². The fourth-order valence-corrected chi connectivity index (χ4v) is 3.23. The molecular formula is C18H26ClN3O3. The lowest BCUT2D eigenvalue weighted by Crippen LogP contribution is -2.35. The van der Waals surface area contributed by atoms with E-state index in [1.807, 2.05) is 29.2 Å². The molecule has 2 amide bonds. The SMILES string of the molecule is Cl.NC[C@H]1CC[C@@H](C(=O)NCc2ccc(CN3CCCC3=O)cc2)O1. The Labute approximate surface area is 154 Å². The molecule has 2 saturated heterocycles. The number of ether oxygens (including phenoxy) is 1. The van der Waals surface area contributed by atoms with Crippen molar-refractivity contribution in [2.45, 2.75) is 51.0 Å². The van der Waals surface area contributed by atoms with E-state index in [-0.39, 0.29) is 36.4 Å². The highest BCUT2D eigenvalue weighted by atomic mass is 35.5. The first-order chi connectivity index (χ1) is 11.7. The largest absolute Gasteiger partial charge is 0.364 e. The number of nitrogens with zero attached hydrogens (tertiary/aromatic N) is 1. The third-order valence-electron chi connectivity index (χ3n) is 4.70. The zero-order chi connectivity index (χ0) is 16.9. The van der Waals surface area contributed by atoms with Crippen molar-refractivity contribution in [3.63, 3.8) is 0 Å². The number of carbonyl (C=O) groups is 2. The van der Waals surface area contributed by atoms with E-state index in [1.54, 1.807) is 0 Å². The van der Waals surface area contributed by atoms with Crippen molar-refractivity contribution in [3.8, 4) is 0 Å². The summed E-state index contributed by atoms with van der Waals surface area (Å²) in [6.07, 6.45) is 2.83. The molecule has 1 aromatic rings. The van der Waals surface area contributed by atoms with E-state index < -0.39 is 0 Å². The summed E-state index contributed by atoms with van der Waals surface area (Å²) in [5.74, 6) is 0.163. The van der Waals surface area contributed by atoms with Crippen LogP contribution in [0.1, 0.15) is 36.8 Å². The molecule has 2 atom stereocenters. The Morgan fingerprint density at radius 3 is 2.56 bits per heavy atom. The second-order valence-corrected chi connectivity index (χ2v) is 6.51. The average Bonchev–Trinajstić information content (AvgIpc) is 3.23. The van der Waals surface area contributed by atoms with Gasteiger partial charge in [-0.1, -0.05) is 24.3 Å². The van der Waals surface area contributed by atoms with Gasteiger partial charge in [0.25, 0.3) is 0 Å². The van der Waals surface area contributed by atoms with Crippen molar-refractivity contribution in [1.82, 2.24) is 10.2 Å². The molecule has 0 saturated carbocycles. The number of amides is 2. The molecular weight excluding hydrogens is 342 g/mol. The number of likely N-dealkylation sites (tertiary alicyclic amines) is 1. The van der Waals surface area contributed by atoms with Crippen molar-refractivity contribution in [3.05, 3.63) is 35.4 Å². The van der Waals surface area contributed by atoms with Gasteiger partial charge in [0.2, 0.25) is 11.8 Å². The van der Waals surface area contributed by atoms with Crippen LogP contribution in [-0.2, 0) is 27.4 Å². The standard InChI is InChI=1S/C18H25N3O3.ClH/c19-10-15-7-8-16(24-15)18(23)20-11-13-3-5-14(6-4-13)12-21-9-1-2-17(21)22;/h3-6,15-16H,1-2,7-12,19H2,(H,20,23);1H/t15-,16+;/m1./s1. The topological polar surface area (TPSA) is 84.7 Å². The summed E-state index contributed by atoms with van der Waals surface area (Å²) < 4.78 is 5.59. The Kier molecular flexibility index (Phi) is 7.23. The van der Waals surface area contributed by atoms with Crippen molar-refractivity contribution in [1.29, 1.82) is 0 Å². The fourth-order valence-electron chi connectivity index (χ4n) is 3.23. The normalized spacial score (nSPS) is 22.8. The third-order valence-corrected chi connectivity index (χ3v) is 4.70. The van der Waals surface area contributed by atoms with E-state index in [9.17, 15) is 9.59 Å². The third kappa shape index (κ3) is 5.17. The van der Waals surface area contributed by atoms with Gasteiger partial charge in [-0.15, -0.1) is 12.4 Å². The molecule has 0 unspecified atom stereocenters. The van der Waals surface area contributed by atoms with Crippen LogP contribution >= 0.6 is 12.4 Å². The zero-order valence-corrected chi connectivity index (χ0v) is 15.1.